The van der Waals surface area contributed by atoms with E-state index >= 15 is 0 Å². The van der Waals surface area contributed by atoms with Crippen LogP contribution in [0.4, 0.5) is 0 Å². The van der Waals surface area contributed by atoms with Crippen molar-refractivity contribution >= 4 is 13.6 Å². The van der Waals surface area contributed by atoms with Gasteiger partial charge in [-0.1, -0.05) is 161 Å². The summed E-state index contributed by atoms with van der Waals surface area (Å²) in [5.41, 5.74) is 0.245. The molecule has 0 amide bonds. The molecule has 39 heavy (non-hydrogen) atoms. The molecule has 0 aliphatic heterocycles. The Labute approximate surface area is 258 Å². The Morgan fingerprint density at radius 2 is 0.641 bits per heavy atom. The summed E-state index contributed by atoms with van der Waals surface area (Å²) in [5.74, 6) is 0. The summed E-state index contributed by atoms with van der Waals surface area (Å²) in [7, 11) is 0. The molecule has 0 unspecified atom stereocenters. The van der Waals surface area contributed by atoms with Gasteiger partial charge < -0.3 is 30.9 Å². The van der Waals surface area contributed by atoms with Gasteiger partial charge in [-0.3, -0.25) is 13.6 Å². The molecule has 234 valence electrons. The Morgan fingerprint density at radius 3 is 0.769 bits per heavy atom. The molecule has 0 saturated heterocycles. The van der Waals surface area contributed by atoms with E-state index < -0.39 is 0 Å². The third kappa shape index (κ3) is 30.6. The van der Waals surface area contributed by atoms with Gasteiger partial charge in [-0.25, -0.2) is 12.3 Å². The minimum Gasteiger partial charge on any atom is -0.673 e. The summed E-state index contributed by atoms with van der Waals surface area (Å²) >= 11 is 0. The molecule has 0 aromatic heterocycles. The predicted octanol–water partition coefficient (Wildman–Crippen LogP) is 10.7. The molecular weight excluding hydrogens is 573 g/mol. The second-order valence-electron chi connectivity index (χ2n) is 12.4. The van der Waals surface area contributed by atoms with E-state index in [1.54, 1.807) is 0 Å². The molecule has 0 aliphatic rings. The maximum Gasteiger partial charge on any atom is 6.00 e. The summed E-state index contributed by atoms with van der Waals surface area (Å²) in [4.78, 5) is 15.5. The summed E-state index contributed by atoms with van der Waals surface area (Å²) in [5, 5.41) is 19.7. The van der Waals surface area contributed by atoms with Crippen LogP contribution in [0, 0.1) is 0 Å². The van der Waals surface area contributed by atoms with Gasteiger partial charge in [0, 0.05) is 0 Å². The van der Waals surface area contributed by atoms with E-state index in [9.17, 15) is 0 Å². The van der Waals surface area contributed by atoms with E-state index in [-0.39, 0.29) is 54.0 Å². The molecule has 0 atom stereocenters. The number of unbranched alkanes of at least 4 members (excludes halogenated alkanes) is 2. The number of hydrogen-bond donors (Lipinski definition) is 0. The van der Waals surface area contributed by atoms with Crippen LogP contribution in [-0.4, -0.2) is 48.1 Å². The molecule has 0 saturated carbocycles. The van der Waals surface area contributed by atoms with E-state index in [4.69, 9.17) is 30.9 Å². The van der Waals surface area contributed by atoms with Crippen LogP contribution in [0.25, 0.3) is 21.3 Å². The molecule has 6 nitrogen and oxygen atoms in total. The maximum absolute atomic E-state index is 7.75. The first-order chi connectivity index (χ1) is 17.5. The van der Waals surface area contributed by atoms with Gasteiger partial charge in [0.25, 0.3) is 0 Å². The first-order valence-corrected chi connectivity index (χ1v) is 14.9. The van der Waals surface area contributed by atoms with Gasteiger partial charge >= 0.3 is 19.5 Å². The Balaban J connectivity index is -0.000000171. The Kier molecular flexibility index (Phi) is 33.2. The molecule has 0 spiro atoms. The van der Waals surface area contributed by atoms with Crippen molar-refractivity contribution in [3.8, 4) is 0 Å². The smallest absolute Gasteiger partial charge is 0.673 e. The van der Waals surface area contributed by atoms with Gasteiger partial charge in [-0.05, 0) is 0 Å². The normalized spacial score (nSPS) is 11.9. The predicted molar refractivity (Wildman–Crippen MR) is 171 cm³/mol. The fourth-order valence-electron chi connectivity index (χ4n) is 3.07. The fourth-order valence-corrected chi connectivity index (χ4v) is 3.07. The monoisotopic (exact) mass is 640 g/mol. The van der Waals surface area contributed by atoms with Crippen LogP contribution in [0.15, 0.2) is 0 Å². The zero-order chi connectivity index (χ0) is 31.1. The minimum absolute atomic E-state index is 0. The van der Waals surface area contributed by atoms with Crippen LogP contribution in [-0.2, 0) is 29.1 Å². The maximum atomic E-state index is 7.75. The van der Waals surface area contributed by atoms with Crippen molar-refractivity contribution in [3.63, 3.8) is 0 Å². The molecule has 0 N–H and O–H groups in total. The standard InChI is InChI=1S/2C15H32N2.2CHO.Ru/c2*1-8-11-12-13(16-14(4,5)9-2)17-15(6,7)10-3;2*1-2;/h2*13H,8-12H2,1-7H3;2*1H;/q2*-2;2*-1;+6. The zero-order valence-corrected chi connectivity index (χ0v) is 30.1. The van der Waals surface area contributed by atoms with Crippen molar-refractivity contribution in [2.24, 2.45) is 0 Å². The van der Waals surface area contributed by atoms with Gasteiger partial charge in [0.1, 0.15) is 0 Å². The van der Waals surface area contributed by atoms with Crippen molar-refractivity contribution in [2.45, 2.75) is 196 Å². The second-order valence-corrected chi connectivity index (χ2v) is 12.4. The Morgan fingerprint density at radius 1 is 0.462 bits per heavy atom. The SMILES string of the molecule is CCCCC([N-]C(C)(C)CC)[N-]C(C)(C)CC.CCCCC([N-]C(C)(C)CC)[N-]C(C)(C)CC.[CH-]=O.[CH-]=O.[Ru+6]. The molecular formula is C32H66N4O2Ru. The molecule has 0 rings (SSSR count). The van der Waals surface area contributed by atoms with Crippen LogP contribution in [0.1, 0.15) is 161 Å². The van der Waals surface area contributed by atoms with Gasteiger partial charge in [-0.15, -0.1) is 22.2 Å². The van der Waals surface area contributed by atoms with Gasteiger partial charge in [0.2, 0.25) is 0 Å². The molecule has 0 aromatic carbocycles. The van der Waals surface area contributed by atoms with Crippen molar-refractivity contribution < 1.29 is 29.1 Å². The summed E-state index contributed by atoms with van der Waals surface area (Å²) in [6.45, 7) is 37.4. The minimum atomic E-state index is 0. The Hall–Kier alpha value is -0.197. The fraction of sp³-hybridized carbons (Fsp3) is 0.938. The first-order valence-electron chi connectivity index (χ1n) is 14.9. The van der Waals surface area contributed by atoms with E-state index in [2.05, 4.69) is 111 Å². The average molecular weight is 640 g/mol. The molecule has 0 aromatic rings. The van der Waals surface area contributed by atoms with Crippen LogP contribution >= 0.6 is 0 Å². The molecule has 0 aliphatic carbocycles. The van der Waals surface area contributed by atoms with Crippen molar-refractivity contribution in [1.82, 2.24) is 0 Å². The molecule has 7 heteroatoms. The van der Waals surface area contributed by atoms with Crippen LogP contribution in [0.5, 0.6) is 0 Å². The van der Waals surface area contributed by atoms with E-state index in [1.807, 2.05) is 0 Å². The van der Waals surface area contributed by atoms with Crippen molar-refractivity contribution in [2.75, 3.05) is 0 Å². The van der Waals surface area contributed by atoms with Gasteiger partial charge in [0.05, 0.1) is 0 Å². The van der Waals surface area contributed by atoms with Crippen molar-refractivity contribution in [1.29, 1.82) is 0 Å². The molecule has 0 fully saturated rings. The summed E-state index contributed by atoms with van der Waals surface area (Å²) in [6, 6.07) is 0. The largest absolute Gasteiger partial charge is 6.00 e. The van der Waals surface area contributed by atoms with Crippen LogP contribution in [0.3, 0.4) is 0 Å². The summed E-state index contributed by atoms with van der Waals surface area (Å²) < 4.78 is 0. The van der Waals surface area contributed by atoms with Gasteiger partial charge in [0.15, 0.2) is 0 Å². The number of nitrogens with zero attached hydrogens (tertiary/aromatic N) is 4. The van der Waals surface area contributed by atoms with Crippen LogP contribution < -0.4 is 0 Å². The van der Waals surface area contributed by atoms with E-state index in [0.717, 1.165) is 38.5 Å². The Bertz CT molecular complexity index is 446. The third-order valence-corrected chi connectivity index (χ3v) is 7.09. The first kappa shape index (κ1) is 48.5. The molecule has 0 bridgehead atoms. The molecule has 0 heterocycles. The van der Waals surface area contributed by atoms with Crippen molar-refractivity contribution in [3.05, 3.63) is 21.3 Å². The third-order valence-electron chi connectivity index (χ3n) is 7.09. The number of carbonyl (C=O) groups excluding carboxylic acids is 2. The number of rotatable bonds is 18. The number of hydrogen-bond acceptors (Lipinski definition) is 2. The van der Waals surface area contributed by atoms with Crippen LogP contribution in [0.2, 0.25) is 0 Å². The average Bonchev–Trinajstić information content (AvgIpc) is 2.88. The summed E-state index contributed by atoms with van der Waals surface area (Å²) in [6.07, 6.45) is 11.8. The second kappa shape index (κ2) is 26.7. The van der Waals surface area contributed by atoms with Gasteiger partial charge in [-0.2, -0.15) is 0 Å². The van der Waals surface area contributed by atoms with E-state index in [1.165, 1.54) is 25.7 Å². The zero-order valence-electron chi connectivity index (χ0n) is 28.3. The topological polar surface area (TPSA) is 90.5 Å². The quantitative estimate of drug-likeness (QED) is 0.0848. The molecule has 0 radical (unpaired) electrons. The van der Waals surface area contributed by atoms with E-state index in [0.29, 0.717) is 0 Å².